The highest BCUT2D eigenvalue weighted by Crippen LogP contribution is 2.12. The zero-order valence-electron chi connectivity index (χ0n) is 11.5. The van der Waals surface area contributed by atoms with Crippen molar-refractivity contribution in [3.63, 3.8) is 0 Å². The summed E-state index contributed by atoms with van der Waals surface area (Å²) in [5.41, 5.74) is 0. The maximum atomic E-state index is 12.9. The fraction of sp³-hybridized carbons (Fsp3) is 0.429. The minimum atomic E-state index is -0.956. The van der Waals surface area contributed by atoms with E-state index in [-0.39, 0.29) is 24.8 Å². The van der Waals surface area contributed by atoms with E-state index in [2.05, 4.69) is 0 Å². The number of rotatable bonds is 7. The van der Waals surface area contributed by atoms with Crippen molar-refractivity contribution in [2.75, 3.05) is 19.7 Å². The fourth-order valence-corrected chi connectivity index (χ4v) is 1.61. The minimum absolute atomic E-state index is 0.122. The lowest BCUT2D eigenvalue weighted by Gasteiger charge is -2.22. The van der Waals surface area contributed by atoms with Crippen molar-refractivity contribution in [1.82, 2.24) is 4.90 Å². The van der Waals surface area contributed by atoms with Crippen LogP contribution in [0, 0.1) is 11.7 Å². The molecule has 0 fully saturated rings. The van der Waals surface area contributed by atoms with Crippen LogP contribution in [0.25, 0.3) is 0 Å². The number of nitrogens with zero attached hydrogens (tertiary/aromatic N) is 1. The molecule has 1 amide bonds. The first-order valence-corrected chi connectivity index (χ1v) is 6.33. The van der Waals surface area contributed by atoms with Crippen LogP contribution in [0.2, 0.25) is 0 Å². The van der Waals surface area contributed by atoms with Crippen LogP contribution < -0.4 is 4.74 Å². The number of ether oxygens (including phenoxy) is 1. The van der Waals surface area contributed by atoms with Crippen LogP contribution in [0.5, 0.6) is 5.75 Å². The summed E-state index contributed by atoms with van der Waals surface area (Å²) in [4.78, 5) is 24.1. The molecule has 1 aromatic carbocycles. The van der Waals surface area contributed by atoms with Gasteiger partial charge >= 0.3 is 5.97 Å². The van der Waals surface area contributed by atoms with Crippen LogP contribution in [0.3, 0.4) is 0 Å². The lowest BCUT2D eigenvalue weighted by Crippen LogP contribution is -2.39. The molecule has 1 rings (SSSR count). The van der Waals surface area contributed by atoms with Gasteiger partial charge in [0.1, 0.15) is 11.6 Å². The Balaban J connectivity index is 2.53. The topological polar surface area (TPSA) is 66.8 Å². The van der Waals surface area contributed by atoms with Gasteiger partial charge in [-0.15, -0.1) is 0 Å². The number of carbonyl (C=O) groups excluding carboxylic acids is 1. The molecule has 0 aliphatic heterocycles. The van der Waals surface area contributed by atoms with Crippen LogP contribution in [-0.2, 0) is 9.59 Å². The van der Waals surface area contributed by atoms with Crippen molar-refractivity contribution in [3.8, 4) is 5.75 Å². The number of amides is 1. The highest BCUT2D eigenvalue weighted by atomic mass is 19.1. The molecule has 1 aromatic rings. The Morgan fingerprint density at radius 1 is 1.45 bits per heavy atom. The van der Waals surface area contributed by atoms with E-state index in [1.165, 1.54) is 30.0 Å². The van der Waals surface area contributed by atoms with Gasteiger partial charge in [-0.05, 0) is 19.1 Å². The molecule has 0 aromatic heterocycles. The molecule has 6 heteroatoms. The van der Waals surface area contributed by atoms with Crippen molar-refractivity contribution < 1.29 is 23.8 Å². The molecule has 0 saturated carbocycles. The largest absolute Gasteiger partial charge is 0.484 e. The third kappa shape index (κ3) is 4.87. The maximum Gasteiger partial charge on any atom is 0.308 e. The lowest BCUT2D eigenvalue weighted by atomic mass is 10.1. The Kier molecular flexibility index (Phi) is 5.96. The number of benzene rings is 1. The van der Waals surface area contributed by atoms with E-state index in [0.29, 0.717) is 6.54 Å². The number of carboxylic acid groups (broad SMARTS) is 1. The summed E-state index contributed by atoms with van der Waals surface area (Å²) in [5, 5.41) is 8.84. The molecule has 20 heavy (non-hydrogen) atoms. The van der Waals surface area contributed by atoms with E-state index < -0.39 is 17.7 Å². The molecule has 0 saturated heterocycles. The molecule has 0 aliphatic rings. The number of carbonyl (C=O) groups is 2. The normalized spacial score (nSPS) is 11.8. The van der Waals surface area contributed by atoms with E-state index in [1.807, 2.05) is 0 Å². The Hall–Kier alpha value is -2.11. The van der Waals surface area contributed by atoms with Crippen LogP contribution in [0.1, 0.15) is 13.8 Å². The third-order valence-corrected chi connectivity index (χ3v) is 2.81. The van der Waals surface area contributed by atoms with Crippen molar-refractivity contribution >= 4 is 11.9 Å². The Morgan fingerprint density at radius 2 is 2.15 bits per heavy atom. The number of aliphatic carboxylic acids is 1. The summed E-state index contributed by atoms with van der Waals surface area (Å²) < 4.78 is 18.1. The SMILES string of the molecule is CCN(CC(C)C(=O)O)C(=O)COc1cccc(F)c1. The summed E-state index contributed by atoms with van der Waals surface area (Å²) >= 11 is 0. The highest BCUT2D eigenvalue weighted by Gasteiger charge is 2.19. The van der Waals surface area contributed by atoms with Crippen LogP contribution in [0.4, 0.5) is 4.39 Å². The molecule has 1 N–H and O–H groups in total. The van der Waals surface area contributed by atoms with E-state index >= 15 is 0 Å². The number of halogens is 1. The number of carboxylic acids is 1. The second kappa shape index (κ2) is 7.47. The van der Waals surface area contributed by atoms with Crippen molar-refractivity contribution in [2.24, 2.45) is 5.92 Å². The Morgan fingerprint density at radius 3 is 2.70 bits per heavy atom. The molecular formula is C14H18FNO4. The van der Waals surface area contributed by atoms with Crippen molar-refractivity contribution in [1.29, 1.82) is 0 Å². The summed E-state index contributed by atoms with van der Waals surface area (Å²) in [7, 11) is 0. The first-order chi connectivity index (χ1) is 9.43. The smallest absolute Gasteiger partial charge is 0.308 e. The van der Waals surface area contributed by atoms with E-state index in [9.17, 15) is 14.0 Å². The molecule has 5 nitrogen and oxygen atoms in total. The van der Waals surface area contributed by atoms with Gasteiger partial charge in [0, 0.05) is 19.2 Å². The van der Waals surface area contributed by atoms with Gasteiger partial charge < -0.3 is 14.7 Å². The van der Waals surface area contributed by atoms with Gasteiger partial charge in [0.15, 0.2) is 6.61 Å². The van der Waals surface area contributed by atoms with Crippen LogP contribution in [-0.4, -0.2) is 41.6 Å². The van der Waals surface area contributed by atoms with Gasteiger partial charge in [0.05, 0.1) is 5.92 Å². The predicted molar refractivity (Wildman–Crippen MR) is 70.9 cm³/mol. The molecule has 1 atom stereocenters. The lowest BCUT2D eigenvalue weighted by molar-refractivity contribution is -0.143. The quantitative estimate of drug-likeness (QED) is 0.828. The van der Waals surface area contributed by atoms with E-state index in [0.717, 1.165) is 0 Å². The van der Waals surface area contributed by atoms with Gasteiger partial charge in [-0.3, -0.25) is 9.59 Å². The Labute approximate surface area is 117 Å². The highest BCUT2D eigenvalue weighted by molar-refractivity contribution is 5.78. The monoisotopic (exact) mass is 283 g/mol. The van der Waals surface area contributed by atoms with E-state index in [4.69, 9.17) is 9.84 Å². The van der Waals surface area contributed by atoms with Gasteiger partial charge in [0.2, 0.25) is 0 Å². The number of hydrogen-bond acceptors (Lipinski definition) is 3. The van der Waals surface area contributed by atoms with Crippen LogP contribution in [0.15, 0.2) is 24.3 Å². The molecule has 0 radical (unpaired) electrons. The second-order valence-electron chi connectivity index (χ2n) is 4.42. The minimum Gasteiger partial charge on any atom is -0.484 e. The number of hydrogen-bond donors (Lipinski definition) is 1. The molecule has 110 valence electrons. The van der Waals surface area contributed by atoms with Gasteiger partial charge in [-0.25, -0.2) is 4.39 Å². The van der Waals surface area contributed by atoms with E-state index in [1.54, 1.807) is 13.0 Å². The maximum absolute atomic E-state index is 12.9. The van der Waals surface area contributed by atoms with Gasteiger partial charge in [-0.2, -0.15) is 0 Å². The van der Waals surface area contributed by atoms with Crippen molar-refractivity contribution in [2.45, 2.75) is 13.8 Å². The summed E-state index contributed by atoms with van der Waals surface area (Å²) in [6, 6.07) is 5.50. The fourth-order valence-electron chi connectivity index (χ4n) is 1.61. The summed E-state index contributed by atoms with van der Waals surface area (Å²) in [6.07, 6.45) is 0. The molecule has 0 bridgehead atoms. The number of likely N-dealkylation sites (N-methyl/N-ethyl adjacent to an activating group) is 1. The molecule has 0 spiro atoms. The van der Waals surface area contributed by atoms with Crippen LogP contribution >= 0.6 is 0 Å². The van der Waals surface area contributed by atoms with Gasteiger partial charge in [0.25, 0.3) is 5.91 Å². The predicted octanol–water partition coefficient (Wildman–Crippen LogP) is 1.77. The first kappa shape index (κ1) is 15.9. The third-order valence-electron chi connectivity index (χ3n) is 2.81. The van der Waals surface area contributed by atoms with Gasteiger partial charge in [-0.1, -0.05) is 13.0 Å². The zero-order valence-corrected chi connectivity index (χ0v) is 11.5. The first-order valence-electron chi connectivity index (χ1n) is 6.33. The average molecular weight is 283 g/mol. The molecule has 1 unspecified atom stereocenters. The summed E-state index contributed by atoms with van der Waals surface area (Å²) in [5.74, 6) is -2.11. The Bertz CT molecular complexity index is 478. The second-order valence-corrected chi connectivity index (χ2v) is 4.42. The molecule has 0 aliphatic carbocycles. The zero-order chi connectivity index (χ0) is 15.1. The molecular weight excluding hydrogens is 265 g/mol. The average Bonchev–Trinajstić information content (AvgIpc) is 2.41. The summed E-state index contributed by atoms with van der Waals surface area (Å²) in [6.45, 7) is 3.56. The molecule has 0 heterocycles. The standard InChI is InChI=1S/C14H18FNO4/c1-3-16(8-10(2)14(18)19)13(17)9-20-12-6-4-5-11(15)7-12/h4-7,10H,3,8-9H2,1-2H3,(H,18,19). The van der Waals surface area contributed by atoms with Crippen molar-refractivity contribution in [3.05, 3.63) is 30.1 Å².